The van der Waals surface area contributed by atoms with Crippen LogP contribution in [-0.2, 0) is 14.8 Å². The maximum Gasteiger partial charge on any atom is 0.342 e. The summed E-state index contributed by atoms with van der Waals surface area (Å²) < 4.78 is 59.1. The van der Waals surface area contributed by atoms with Crippen LogP contribution in [0, 0.1) is 11.6 Å². The Bertz CT molecular complexity index is 1010. The van der Waals surface area contributed by atoms with E-state index < -0.39 is 39.5 Å². The molecular weight excluding hydrogens is 384 g/mol. The number of rotatable bonds is 6. The zero-order valence-electron chi connectivity index (χ0n) is 14.2. The number of Topliss-reactive ketones (excluding diaryl/α,β-unsaturated/α-hetero) is 1. The van der Waals surface area contributed by atoms with Gasteiger partial charge in [0.2, 0.25) is 15.8 Å². The molecule has 10 heteroatoms. The van der Waals surface area contributed by atoms with Gasteiger partial charge in [0, 0.05) is 5.56 Å². The fraction of sp³-hybridized carbons (Fsp3) is 0.176. The molecule has 0 saturated heterocycles. The quantitative estimate of drug-likeness (QED) is 0.588. The van der Waals surface area contributed by atoms with Crippen molar-refractivity contribution >= 4 is 21.8 Å². The van der Waals surface area contributed by atoms with Crippen molar-refractivity contribution in [2.45, 2.75) is 17.9 Å². The fourth-order valence-corrected chi connectivity index (χ4v) is 2.73. The second kappa shape index (κ2) is 7.80. The van der Waals surface area contributed by atoms with E-state index in [1.165, 1.54) is 20.1 Å². The van der Waals surface area contributed by atoms with Crippen LogP contribution in [-0.4, -0.2) is 33.4 Å². The molecule has 0 heterocycles. The molecular formula is C17H15F2NO6S. The van der Waals surface area contributed by atoms with Crippen LogP contribution in [0.2, 0.25) is 0 Å². The van der Waals surface area contributed by atoms with Crippen LogP contribution < -0.4 is 9.88 Å². The molecule has 0 amide bonds. The predicted octanol–water partition coefficient (Wildman–Crippen LogP) is 2.05. The number of methoxy groups -OCH3 is 1. The Morgan fingerprint density at radius 1 is 1.07 bits per heavy atom. The van der Waals surface area contributed by atoms with E-state index in [2.05, 4.69) is 0 Å². The lowest BCUT2D eigenvalue weighted by atomic mass is 10.1. The number of nitrogens with two attached hydrogens (primary N) is 1. The monoisotopic (exact) mass is 399 g/mol. The Morgan fingerprint density at radius 2 is 1.74 bits per heavy atom. The molecule has 0 aromatic heterocycles. The third kappa shape index (κ3) is 4.66. The van der Waals surface area contributed by atoms with Crippen molar-refractivity contribution < 1.29 is 36.3 Å². The van der Waals surface area contributed by atoms with Crippen molar-refractivity contribution in [3.8, 4) is 5.75 Å². The second-order valence-corrected chi connectivity index (χ2v) is 7.01. The summed E-state index contributed by atoms with van der Waals surface area (Å²) in [6, 6.07) is 5.80. The van der Waals surface area contributed by atoms with Crippen LogP contribution in [0.4, 0.5) is 8.78 Å². The minimum Gasteiger partial charge on any atom is -0.496 e. The van der Waals surface area contributed by atoms with Crippen molar-refractivity contribution in [1.82, 2.24) is 0 Å². The number of primary sulfonamides is 1. The molecule has 0 radical (unpaired) electrons. The normalized spacial score (nSPS) is 12.3. The average molecular weight is 399 g/mol. The van der Waals surface area contributed by atoms with Gasteiger partial charge in [-0.2, -0.15) is 0 Å². The van der Waals surface area contributed by atoms with Gasteiger partial charge in [0.25, 0.3) is 0 Å². The summed E-state index contributed by atoms with van der Waals surface area (Å²) in [6.07, 6.45) is -1.36. The first-order valence-corrected chi connectivity index (χ1v) is 9.00. The minimum atomic E-state index is -4.09. The van der Waals surface area contributed by atoms with Gasteiger partial charge in [-0.1, -0.05) is 0 Å². The number of carbonyl (C=O) groups is 2. The van der Waals surface area contributed by atoms with E-state index in [1.807, 2.05) is 0 Å². The molecule has 7 nitrogen and oxygen atoms in total. The Labute approximate surface area is 153 Å². The third-order valence-corrected chi connectivity index (χ3v) is 4.49. The molecule has 0 aliphatic carbocycles. The van der Waals surface area contributed by atoms with Crippen molar-refractivity contribution in [1.29, 1.82) is 0 Å². The first-order chi connectivity index (χ1) is 12.5. The maximum atomic E-state index is 13.3. The molecule has 2 rings (SSSR count). The highest BCUT2D eigenvalue weighted by Crippen LogP contribution is 2.23. The number of esters is 1. The third-order valence-electron chi connectivity index (χ3n) is 3.58. The van der Waals surface area contributed by atoms with Gasteiger partial charge in [0.05, 0.1) is 12.0 Å². The van der Waals surface area contributed by atoms with Crippen molar-refractivity contribution in [3.63, 3.8) is 0 Å². The summed E-state index contributed by atoms with van der Waals surface area (Å²) in [7, 11) is -2.84. The van der Waals surface area contributed by atoms with Gasteiger partial charge in [-0.3, -0.25) is 4.79 Å². The molecule has 0 bridgehead atoms. The highest BCUT2D eigenvalue weighted by molar-refractivity contribution is 7.89. The number of sulfonamides is 1. The van der Waals surface area contributed by atoms with Gasteiger partial charge in [-0.25, -0.2) is 27.1 Å². The van der Waals surface area contributed by atoms with E-state index in [0.717, 1.165) is 24.3 Å². The van der Waals surface area contributed by atoms with Gasteiger partial charge in [-0.05, 0) is 43.3 Å². The van der Waals surface area contributed by atoms with E-state index in [0.29, 0.717) is 6.07 Å². The van der Waals surface area contributed by atoms with Crippen LogP contribution in [0.3, 0.4) is 0 Å². The summed E-state index contributed by atoms with van der Waals surface area (Å²) in [5, 5.41) is 5.03. The largest absolute Gasteiger partial charge is 0.496 e. The molecule has 0 saturated carbocycles. The first-order valence-electron chi connectivity index (χ1n) is 7.45. The molecule has 0 aliphatic rings. The lowest BCUT2D eigenvalue weighted by Gasteiger charge is -2.14. The average Bonchev–Trinajstić information content (AvgIpc) is 2.61. The summed E-state index contributed by atoms with van der Waals surface area (Å²) in [4.78, 5) is 24.2. The SMILES string of the molecule is COc1ccc(S(N)(=O)=O)cc1C(=O)O[C@H](C)C(=O)c1ccc(F)c(F)c1. The predicted molar refractivity (Wildman–Crippen MR) is 89.9 cm³/mol. The van der Waals surface area contributed by atoms with Crippen LogP contribution >= 0.6 is 0 Å². The maximum absolute atomic E-state index is 13.3. The topological polar surface area (TPSA) is 113 Å². The number of hydrogen-bond donors (Lipinski definition) is 1. The number of benzene rings is 2. The summed E-state index contributed by atoms with van der Waals surface area (Å²) in [5.41, 5.74) is -0.464. The lowest BCUT2D eigenvalue weighted by molar-refractivity contribution is 0.0315. The number of ether oxygens (including phenoxy) is 2. The summed E-state index contributed by atoms with van der Waals surface area (Å²) in [5.74, 6) is -4.17. The Morgan fingerprint density at radius 3 is 2.30 bits per heavy atom. The number of carbonyl (C=O) groups excluding carboxylic acids is 2. The van der Waals surface area contributed by atoms with Gasteiger partial charge < -0.3 is 9.47 Å². The smallest absolute Gasteiger partial charge is 0.342 e. The molecule has 2 N–H and O–H groups in total. The molecule has 2 aromatic carbocycles. The van der Waals surface area contributed by atoms with Crippen LogP contribution in [0.1, 0.15) is 27.6 Å². The zero-order valence-corrected chi connectivity index (χ0v) is 15.0. The van der Waals surface area contributed by atoms with Crippen LogP contribution in [0.5, 0.6) is 5.75 Å². The van der Waals surface area contributed by atoms with Crippen LogP contribution in [0.15, 0.2) is 41.3 Å². The van der Waals surface area contributed by atoms with E-state index in [-0.39, 0.29) is 21.8 Å². The standard InChI is InChI=1S/C17H15F2NO6S/c1-9(16(21)10-3-5-13(18)14(19)7-10)26-17(22)12-8-11(27(20,23)24)4-6-15(12)25-2/h3-9H,1-2H3,(H2,20,23,24)/t9-/m1/s1. The Balaban J connectivity index is 2.27. The lowest BCUT2D eigenvalue weighted by Crippen LogP contribution is -2.25. The molecule has 0 unspecified atom stereocenters. The molecule has 0 fully saturated rings. The second-order valence-electron chi connectivity index (χ2n) is 5.45. The van der Waals surface area contributed by atoms with E-state index in [1.54, 1.807) is 0 Å². The molecule has 1 atom stereocenters. The first kappa shape index (κ1) is 20.5. The highest BCUT2D eigenvalue weighted by Gasteiger charge is 2.24. The number of hydrogen-bond acceptors (Lipinski definition) is 6. The van der Waals surface area contributed by atoms with Crippen molar-refractivity contribution in [2.24, 2.45) is 5.14 Å². The van der Waals surface area contributed by atoms with Crippen LogP contribution in [0.25, 0.3) is 0 Å². The van der Waals surface area contributed by atoms with E-state index >= 15 is 0 Å². The van der Waals surface area contributed by atoms with Gasteiger partial charge in [-0.15, -0.1) is 0 Å². The number of halogens is 2. The van der Waals surface area contributed by atoms with Gasteiger partial charge in [0.1, 0.15) is 11.3 Å². The highest BCUT2D eigenvalue weighted by atomic mass is 32.2. The summed E-state index contributed by atoms with van der Waals surface area (Å²) in [6.45, 7) is 1.23. The Hall–Kier alpha value is -2.85. The van der Waals surface area contributed by atoms with Crippen molar-refractivity contribution in [3.05, 3.63) is 59.2 Å². The zero-order chi connectivity index (χ0) is 20.4. The van der Waals surface area contributed by atoms with Gasteiger partial charge in [0.15, 0.2) is 17.7 Å². The van der Waals surface area contributed by atoms with Crippen molar-refractivity contribution in [2.75, 3.05) is 7.11 Å². The number of ketones is 1. The van der Waals surface area contributed by atoms with E-state index in [4.69, 9.17) is 14.6 Å². The Kier molecular flexibility index (Phi) is 5.91. The summed E-state index contributed by atoms with van der Waals surface area (Å²) >= 11 is 0. The molecule has 0 aliphatic heterocycles. The molecule has 2 aromatic rings. The molecule has 27 heavy (non-hydrogen) atoms. The van der Waals surface area contributed by atoms with Gasteiger partial charge >= 0.3 is 5.97 Å². The fourth-order valence-electron chi connectivity index (χ4n) is 2.19. The minimum absolute atomic E-state index is 0.000115. The molecule has 144 valence electrons. The molecule has 0 spiro atoms. The van der Waals surface area contributed by atoms with E-state index in [9.17, 15) is 26.8 Å².